The second kappa shape index (κ2) is 6.38. The molecule has 1 saturated heterocycles. The Hall–Kier alpha value is -1.43. The van der Waals surface area contributed by atoms with Crippen LogP contribution < -0.4 is 0 Å². The van der Waals surface area contributed by atoms with Gasteiger partial charge in [0.2, 0.25) is 0 Å². The number of H-pyrrole nitrogens is 1. The predicted molar refractivity (Wildman–Crippen MR) is 96.2 cm³/mol. The van der Waals surface area contributed by atoms with Crippen molar-refractivity contribution >= 4 is 10.9 Å². The second-order valence-corrected chi connectivity index (χ2v) is 7.56. The molecule has 2 heterocycles. The van der Waals surface area contributed by atoms with Crippen molar-refractivity contribution in [2.24, 2.45) is 0 Å². The summed E-state index contributed by atoms with van der Waals surface area (Å²) in [6, 6.07) is 5.33. The monoisotopic (exact) mass is 346 g/mol. The number of benzene rings is 1. The summed E-state index contributed by atoms with van der Waals surface area (Å²) < 4.78 is 25.2. The second-order valence-electron chi connectivity index (χ2n) is 7.56. The van der Waals surface area contributed by atoms with Gasteiger partial charge in [0.25, 0.3) is 0 Å². The maximum Gasteiger partial charge on any atom is 0.123 e. The number of methoxy groups -OCH3 is 2. The fraction of sp³-hybridized carbons (Fsp3) is 0.600. The molecule has 3 atom stereocenters. The molecule has 2 aliphatic rings. The number of fused-ring (bicyclic) bond motifs is 2. The van der Waals surface area contributed by atoms with E-state index in [4.69, 9.17) is 9.47 Å². The summed E-state index contributed by atoms with van der Waals surface area (Å²) in [4.78, 5) is 6.01. The Labute approximate surface area is 148 Å². The fourth-order valence-corrected chi connectivity index (χ4v) is 4.87. The van der Waals surface area contributed by atoms with Crippen LogP contribution >= 0.6 is 0 Å². The molecule has 1 aliphatic carbocycles. The molecule has 1 saturated carbocycles. The number of hydrogen-bond donors (Lipinski definition) is 1. The summed E-state index contributed by atoms with van der Waals surface area (Å²) in [5.74, 6) is -0.184. The Morgan fingerprint density at radius 2 is 2.16 bits per heavy atom. The van der Waals surface area contributed by atoms with Gasteiger partial charge in [-0.05, 0) is 56.4 Å². The number of nitrogens with zero attached hydrogens (tertiary/aromatic N) is 1. The highest BCUT2D eigenvalue weighted by Gasteiger charge is 2.51. The van der Waals surface area contributed by atoms with E-state index in [2.05, 4.69) is 16.8 Å². The highest BCUT2D eigenvalue weighted by Crippen LogP contribution is 2.43. The first-order chi connectivity index (χ1) is 12.1. The molecule has 2 aromatic rings. The number of aromatic amines is 1. The van der Waals surface area contributed by atoms with Crippen LogP contribution in [0.3, 0.4) is 0 Å². The zero-order valence-electron chi connectivity index (χ0n) is 15.3. The van der Waals surface area contributed by atoms with E-state index in [1.807, 2.05) is 13.2 Å². The van der Waals surface area contributed by atoms with Crippen LogP contribution in [0.1, 0.15) is 36.9 Å². The number of nitrogens with one attached hydrogen (secondary N) is 1. The molecule has 1 aromatic carbocycles. The summed E-state index contributed by atoms with van der Waals surface area (Å²) in [7, 11) is 3.65. The van der Waals surface area contributed by atoms with Crippen LogP contribution in [-0.4, -0.2) is 48.4 Å². The van der Waals surface area contributed by atoms with Gasteiger partial charge in [-0.2, -0.15) is 0 Å². The van der Waals surface area contributed by atoms with Crippen molar-refractivity contribution in [2.45, 2.75) is 56.9 Å². The van der Waals surface area contributed by atoms with Gasteiger partial charge in [0.1, 0.15) is 5.82 Å². The van der Waals surface area contributed by atoms with Gasteiger partial charge in [0, 0.05) is 49.9 Å². The number of aryl methyl sites for hydroxylation is 1. The third-order valence-corrected chi connectivity index (χ3v) is 6.47. The molecule has 0 radical (unpaired) electrons. The average Bonchev–Trinajstić information content (AvgIpc) is 3.14. The molecule has 2 fully saturated rings. The number of hydrogen-bond acceptors (Lipinski definition) is 3. The minimum Gasteiger partial charge on any atom is -0.381 e. The van der Waals surface area contributed by atoms with Crippen LogP contribution in [0.25, 0.3) is 10.9 Å². The van der Waals surface area contributed by atoms with Crippen molar-refractivity contribution in [1.29, 1.82) is 0 Å². The lowest BCUT2D eigenvalue weighted by Gasteiger charge is -2.43. The van der Waals surface area contributed by atoms with E-state index in [0.29, 0.717) is 12.1 Å². The SMILES string of the molecule is CO[C@H]1CC[C@@]2(OC)CCN(Cc3[nH]c4ccc(F)cc4c3C)[C@H]2C1. The Bertz CT molecular complexity index is 774. The number of rotatable bonds is 4. The van der Waals surface area contributed by atoms with E-state index in [0.717, 1.165) is 55.2 Å². The standard InChI is InChI=1S/C20H27FN2O2/c1-13-16-10-14(21)4-5-17(16)22-18(13)12-23-9-8-20(25-3)7-6-15(24-2)11-19(20)23/h4-5,10,15,19,22H,6-9,11-12H2,1-3H3/t15-,19-,20+/m0/s1. The average molecular weight is 346 g/mol. The van der Waals surface area contributed by atoms with E-state index in [1.54, 1.807) is 13.2 Å². The first-order valence-corrected chi connectivity index (χ1v) is 9.15. The van der Waals surface area contributed by atoms with Crippen molar-refractivity contribution in [2.75, 3.05) is 20.8 Å². The maximum absolute atomic E-state index is 13.6. The lowest BCUT2D eigenvalue weighted by molar-refractivity contribution is -0.0948. The summed E-state index contributed by atoms with van der Waals surface area (Å²) >= 11 is 0. The molecule has 1 N–H and O–H groups in total. The lowest BCUT2D eigenvalue weighted by atomic mass is 9.79. The highest BCUT2D eigenvalue weighted by atomic mass is 19.1. The van der Waals surface area contributed by atoms with Gasteiger partial charge in [-0.1, -0.05) is 0 Å². The minimum absolute atomic E-state index is 0.0406. The van der Waals surface area contributed by atoms with E-state index in [1.165, 1.54) is 11.8 Å². The van der Waals surface area contributed by atoms with Crippen molar-refractivity contribution in [3.63, 3.8) is 0 Å². The zero-order valence-corrected chi connectivity index (χ0v) is 15.3. The van der Waals surface area contributed by atoms with Crippen molar-refractivity contribution in [1.82, 2.24) is 9.88 Å². The van der Waals surface area contributed by atoms with E-state index >= 15 is 0 Å². The molecule has 4 rings (SSSR count). The zero-order chi connectivity index (χ0) is 17.6. The molecular formula is C20H27FN2O2. The third kappa shape index (κ3) is 2.78. The largest absolute Gasteiger partial charge is 0.381 e. The van der Waals surface area contributed by atoms with E-state index in [9.17, 15) is 4.39 Å². The molecule has 0 bridgehead atoms. The van der Waals surface area contributed by atoms with Gasteiger partial charge in [-0.3, -0.25) is 4.90 Å². The van der Waals surface area contributed by atoms with Crippen molar-refractivity contribution in [3.05, 3.63) is 35.3 Å². The Kier molecular flexibility index (Phi) is 4.34. The van der Waals surface area contributed by atoms with Crippen LogP contribution in [0, 0.1) is 12.7 Å². The molecule has 136 valence electrons. The number of ether oxygens (including phenoxy) is 2. The lowest BCUT2D eigenvalue weighted by Crippen LogP contribution is -2.51. The summed E-state index contributed by atoms with van der Waals surface area (Å²) in [5, 5.41) is 0.977. The number of likely N-dealkylation sites (tertiary alicyclic amines) is 1. The molecule has 0 amide bonds. The summed E-state index contributed by atoms with van der Waals surface area (Å²) in [6.07, 6.45) is 4.52. The first-order valence-electron chi connectivity index (χ1n) is 9.15. The van der Waals surface area contributed by atoms with Gasteiger partial charge in [0.05, 0.1) is 11.7 Å². The molecular weight excluding hydrogens is 319 g/mol. The van der Waals surface area contributed by atoms with E-state index < -0.39 is 0 Å². The topological polar surface area (TPSA) is 37.5 Å². The number of aromatic nitrogens is 1. The Morgan fingerprint density at radius 1 is 1.32 bits per heavy atom. The first kappa shape index (κ1) is 17.0. The molecule has 1 aromatic heterocycles. The maximum atomic E-state index is 13.6. The van der Waals surface area contributed by atoms with Crippen LogP contribution in [-0.2, 0) is 16.0 Å². The highest BCUT2D eigenvalue weighted by molar-refractivity contribution is 5.84. The Balaban J connectivity index is 1.61. The van der Waals surface area contributed by atoms with Crippen LogP contribution in [0.4, 0.5) is 4.39 Å². The number of halogens is 1. The van der Waals surface area contributed by atoms with Crippen molar-refractivity contribution in [3.8, 4) is 0 Å². The third-order valence-electron chi connectivity index (χ3n) is 6.47. The van der Waals surface area contributed by atoms with Crippen LogP contribution in [0.2, 0.25) is 0 Å². The molecule has 4 nitrogen and oxygen atoms in total. The van der Waals surface area contributed by atoms with Gasteiger partial charge < -0.3 is 14.5 Å². The van der Waals surface area contributed by atoms with Gasteiger partial charge in [0.15, 0.2) is 0 Å². The Morgan fingerprint density at radius 3 is 2.92 bits per heavy atom. The molecule has 5 heteroatoms. The predicted octanol–water partition coefficient (Wildman–Crippen LogP) is 3.77. The van der Waals surface area contributed by atoms with Crippen molar-refractivity contribution < 1.29 is 13.9 Å². The molecule has 0 spiro atoms. The van der Waals surface area contributed by atoms with Crippen LogP contribution in [0.5, 0.6) is 0 Å². The molecule has 1 aliphatic heterocycles. The summed E-state index contributed by atoms with van der Waals surface area (Å²) in [5.41, 5.74) is 3.28. The van der Waals surface area contributed by atoms with Crippen LogP contribution in [0.15, 0.2) is 18.2 Å². The van der Waals surface area contributed by atoms with Gasteiger partial charge >= 0.3 is 0 Å². The fourth-order valence-electron chi connectivity index (χ4n) is 4.87. The quantitative estimate of drug-likeness (QED) is 0.916. The normalized spacial score (nSPS) is 30.1. The van der Waals surface area contributed by atoms with Gasteiger partial charge in [-0.25, -0.2) is 4.39 Å². The smallest absolute Gasteiger partial charge is 0.123 e. The minimum atomic E-state index is -0.184. The summed E-state index contributed by atoms with van der Waals surface area (Å²) in [6.45, 7) is 3.94. The van der Waals surface area contributed by atoms with Gasteiger partial charge in [-0.15, -0.1) is 0 Å². The van der Waals surface area contributed by atoms with E-state index in [-0.39, 0.29) is 11.4 Å². The molecule has 0 unspecified atom stereocenters. The molecule has 25 heavy (non-hydrogen) atoms.